The molecule has 4 nitrogen and oxygen atoms in total. The van der Waals surface area contributed by atoms with Crippen molar-refractivity contribution in [3.63, 3.8) is 0 Å². The third-order valence-corrected chi connectivity index (χ3v) is 9.80. The third-order valence-electron chi connectivity index (χ3n) is 9.80. The Morgan fingerprint density at radius 1 is 0.480 bits per heavy atom. The largest absolute Gasteiger partial charge is 0.394 e. The van der Waals surface area contributed by atoms with E-state index >= 15 is 0 Å². The van der Waals surface area contributed by atoms with Gasteiger partial charge in [0.25, 0.3) is 0 Å². The van der Waals surface area contributed by atoms with Crippen LogP contribution in [0.25, 0.3) is 0 Å². The Bertz CT molecular complexity index is 801. The fraction of sp³-hybridized carbons (Fsp3) is 0.804. The summed E-state index contributed by atoms with van der Waals surface area (Å²) >= 11 is 0. The van der Waals surface area contributed by atoms with Gasteiger partial charge in [0.2, 0.25) is 5.91 Å². The summed E-state index contributed by atoms with van der Waals surface area (Å²) in [5.41, 5.74) is 0. The highest BCUT2D eigenvalue weighted by molar-refractivity contribution is 5.76. The Hall–Kier alpha value is -1.65. The molecular weight excluding hydrogens is 615 g/mol. The summed E-state index contributed by atoms with van der Waals surface area (Å²) in [4.78, 5) is 12.3. The Morgan fingerprint density at radius 2 is 0.840 bits per heavy atom. The second-order valence-corrected chi connectivity index (χ2v) is 14.8. The molecule has 292 valence electrons. The number of carbonyl (C=O) groups excluding carboxylic acids is 1. The summed E-state index contributed by atoms with van der Waals surface area (Å²) in [6.45, 7) is 4.26. The van der Waals surface area contributed by atoms with Gasteiger partial charge in [-0.3, -0.25) is 4.79 Å². The summed E-state index contributed by atoms with van der Waals surface area (Å²) < 4.78 is 0. The molecule has 3 N–H and O–H groups in total. The zero-order valence-electron chi connectivity index (χ0n) is 33.4. The zero-order valence-corrected chi connectivity index (χ0v) is 33.4. The van der Waals surface area contributed by atoms with Gasteiger partial charge in [0.05, 0.1) is 18.8 Å². The Labute approximate surface area is 312 Å². The van der Waals surface area contributed by atoms with Crippen LogP contribution in [0.2, 0.25) is 0 Å². The van der Waals surface area contributed by atoms with Crippen LogP contribution in [0.1, 0.15) is 219 Å². The lowest BCUT2D eigenvalue weighted by atomic mass is 10.0. The quantitative estimate of drug-likeness (QED) is 0.0442. The Balaban J connectivity index is 3.62. The molecule has 0 radical (unpaired) electrons. The molecule has 0 spiro atoms. The molecule has 2 unspecified atom stereocenters. The number of unbranched alkanes of at least 4 members (excludes halogenated alkanes) is 26. The normalized spacial score (nSPS) is 13.4. The monoisotopic (exact) mass is 700 g/mol. The average molecular weight is 700 g/mol. The van der Waals surface area contributed by atoms with Crippen molar-refractivity contribution in [2.24, 2.45) is 0 Å². The van der Waals surface area contributed by atoms with Crippen molar-refractivity contribution in [1.29, 1.82) is 0 Å². The number of carbonyl (C=O) groups is 1. The van der Waals surface area contributed by atoms with Crippen LogP contribution < -0.4 is 5.32 Å². The van der Waals surface area contributed by atoms with Crippen LogP contribution in [0.4, 0.5) is 0 Å². The number of hydrogen-bond donors (Lipinski definition) is 3. The lowest BCUT2D eigenvalue weighted by Gasteiger charge is -2.19. The third kappa shape index (κ3) is 37.6. The number of hydrogen-bond acceptors (Lipinski definition) is 3. The van der Waals surface area contributed by atoms with Crippen molar-refractivity contribution in [2.75, 3.05) is 6.61 Å². The first-order chi connectivity index (χ1) is 24.7. The molecule has 0 bridgehead atoms. The number of amides is 1. The number of aliphatic hydroxyl groups is 2. The van der Waals surface area contributed by atoms with E-state index in [4.69, 9.17) is 0 Å². The summed E-state index contributed by atoms with van der Waals surface area (Å²) in [6, 6.07) is -0.669. The van der Waals surface area contributed by atoms with Gasteiger partial charge in [0.15, 0.2) is 0 Å². The maximum Gasteiger partial charge on any atom is 0.220 e. The molecule has 0 aromatic heterocycles. The fourth-order valence-electron chi connectivity index (χ4n) is 6.42. The Morgan fingerprint density at radius 3 is 1.28 bits per heavy atom. The predicted octanol–water partition coefficient (Wildman–Crippen LogP) is 13.6. The zero-order chi connectivity index (χ0) is 36.4. The molecule has 1 amide bonds. The topological polar surface area (TPSA) is 69.6 Å². The second-order valence-electron chi connectivity index (χ2n) is 14.8. The minimum Gasteiger partial charge on any atom is -0.394 e. The number of rotatable bonds is 39. The molecule has 50 heavy (non-hydrogen) atoms. The Kier molecular flexibility index (Phi) is 40.4. The van der Waals surface area contributed by atoms with E-state index in [0.717, 1.165) is 32.1 Å². The summed E-state index contributed by atoms with van der Waals surface area (Å²) in [5.74, 6) is -0.141. The lowest BCUT2D eigenvalue weighted by Crippen LogP contribution is -2.45. The van der Waals surface area contributed by atoms with Crippen molar-refractivity contribution in [2.45, 2.75) is 231 Å². The van der Waals surface area contributed by atoms with Crippen molar-refractivity contribution in [3.05, 3.63) is 48.6 Å². The first-order valence-corrected chi connectivity index (χ1v) is 21.9. The van der Waals surface area contributed by atoms with Crippen LogP contribution in [0, 0.1) is 0 Å². The maximum absolute atomic E-state index is 12.3. The van der Waals surface area contributed by atoms with E-state index < -0.39 is 12.1 Å². The highest BCUT2D eigenvalue weighted by atomic mass is 16.3. The molecule has 0 rings (SSSR count). The molecular formula is C46H85NO3. The van der Waals surface area contributed by atoms with E-state index in [2.05, 4.69) is 49.5 Å². The van der Waals surface area contributed by atoms with Crippen LogP contribution in [-0.2, 0) is 4.79 Å². The smallest absolute Gasteiger partial charge is 0.220 e. The van der Waals surface area contributed by atoms with E-state index in [1.165, 1.54) is 161 Å². The minimum absolute atomic E-state index is 0.141. The molecule has 2 atom stereocenters. The van der Waals surface area contributed by atoms with Crippen molar-refractivity contribution < 1.29 is 15.0 Å². The van der Waals surface area contributed by atoms with Crippen LogP contribution in [0.15, 0.2) is 48.6 Å². The van der Waals surface area contributed by atoms with E-state index in [9.17, 15) is 15.0 Å². The summed E-state index contributed by atoms with van der Waals surface area (Å²) in [5, 5.41) is 22.9. The van der Waals surface area contributed by atoms with E-state index in [-0.39, 0.29) is 12.5 Å². The van der Waals surface area contributed by atoms with Gasteiger partial charge in [0.1, 0.15) is 0 Å². The van der Waals surface area contributed by atoms with Crippen molar-refractivity contribution in [3.8, 4) is 0 Å². The molecule has 0 aromatic carbocycles. The summed E-state index contributed by atoms with van der Waals surface area (Å²) in [6.07, 6.45) is 56.7. The maximum atomic E-state index is 12.3. The van der Waals surface area contributed by atoms with Crippen molar-refractivity contribution >= 4 is 5.91 Å². The minimum atomic E-state index is -0.884. The van der Waals surface area contributed by atoms with Crippen LogP contribution in [0.3, 0.4) is 0 Å². The van der Waals surface area contributed by atoms with Gasteiger partial charge in [-0.1, -0.05) is 210 Å². The van der Waals surface area contributed by atoms with Gasteiger partial charge in [-0.15, -0.1) is 0 Å². The molecule has 0 aliphatic rings. The number of nitrogens with one attached hydrogen (secondary N) is 1. The molecule has 4 heteroatoms. The van der Waals surface area contributed by atoms with E-state index in [1.54, 1.807) is 6.08 Å². The van der Waals surface area contributed by atoms with Crippen LogP contribution >= 0.6 is 0 Å². The van der Waals surface area contributed by atoms with Gasteiger partial charge in [-0.25, -0.2) is 0 Å². The molecule has 0 aromatic rings. The molecule has 0 heterocycles. The predicted molar refractivity (Wildman–Crippen MR) is 221 cm³/mol. The van der Waals surface area contributed by atoms with Gasteiger partial charge in [-0.2, -0.15) is 0 Å². The molecule has 0 aliphatic carbocycles. The lowest BCUT2D eigenvalue weighted by molar-refractivity contribution is -0.122. The highest BCUT2D eigenvalue weighted by Gasteiger charge is 2.17. The van der Waals surface area contributed by atoms with Gasteiger partial charge in [0, 0.05) is 6.42 Å². The first-order valence-electron chi connectivity index (χ1n) is 21.9. The molecule has 0 aliphatic heterocycles. The molecule has 0 fully saturated rings. The molecule has 0 saturated carbocycles. The fourth-order valence-corrected chi connectivity index (χ4v) is 6.42. The van der Waals surface area contributed by atoms with Gasteiger partial charge < -0.3 is 15.5 Å². The highest BCUT2D eigenvalue weighted by Crippen LogP contribution is 2.15. The second kappa shape index (κ2) is 41.8. The SMILES string of the molecule is CCCCCCCC/C=C\C/C=C\CCC(=O)NC(CO)C(O)/C=C/CC/C=C/CCCCCCCCCCCCCCCCCCCCC. The number of allylic oxidation sites excluding steroid dienone is 7. The van der Waals surface area contributed by atoms with E-state index in [1.807, 2.05) is 12.2 Å². The van der Waals surface area contributed by atoms with Gasteiger partial charge >= 0.3 is 0 Å². The van der Waals surface area contributed by atoms with Gasteiger partial charge in [-0.05, 0) is 51.4 Å². The molecule has 0 saturated heterocycles. The van der Waals surface area contributed by atoms with E-state index in [0.29, 0.717) is 12.8 Å². The van der Waals surface area contributed by atoms with Crippen molar-refractivity contribution in [1.82, 2.24) is 5.32 Å². The summed E-state index contributed by atoms with van der Waals surface area (Å²) in [7, 11) is 0. The number of aliphatic hydroxyl groups excluding tert-OH is 2. The van der Waals surface area contributed by atoms with Crippen LogP contribution in [-0.4, -0.2) is 34.9 Å². The van der Waals surface area contributed by atoms with Crippen LogP contribution in [0.5, 0.6) is 0 Å². The standard InChI is InChI=1S/C46H85NO3/c1-3-5-7-9-11-13-15-17-18-19-20-21-22-23-24-25-26-27-28-30-31-33-35-37-39-41-45(49)44(43-48)47-46(50)42-40-38-36-34-32-29-16-14-12-10-8-6-4-2/h29,31-33,36,38-39,41,44-45,48-49H,3-28,30,34-35,37,40,42-43H2,1-2H3,(H,47,50)/b32-29-,33-31+,38-36-,41-39+. The first kappa shape index (κ1) is 48.3. The average Bonchev–Trinajstić information content (AvgIpc) is 3.12.